The molecule has 0 amide bonds. The van der Waals surface area contributed by atoms with Crippen molar-refractivity contribution in [2.75, 3.05) is 33.4 Å². The molecule has 4 aromatic rings. The van der Waals surface area contributed by atoms with Gasteiger partial charge in [0.25, 0.3) is 5.88 Å². The Kier molecular flexibility index (Phi) is 10.7. The summed E-state index contributed by atoms with van der Waals surface area (Å²) in [6, 6.07) is 18.2. The number of benzene rings is 3. The third kappa shape index (κ3) is 6.77. The molecule has 7 rings (SSSR count). The molecule has 0 aliphatic heterocycles. The maximum atomic E-state index is 16.8. The Hall–Kier alpha value is -4.82. The Bertz CT molecular complexity index is 2220. The summed E-state index contributed by atoms with van der Waals surface area (Å²) in [4.78, 5) is 32.6. The molecule has 302 valence electrons. The van der Waals surface area contributed by atoms with Crippen molar-refractivity contribution >= 4 is 25.6 Å². The summed E-state index contributed by atoms with van der Waals surface area (Å²) in [7, 11) is 2.55. The van der Waals surface area contributed by atoms with Gasteiger partial charge in [-0.3, -0.25) is 14.5 Å². The maximum Gasteiger partial charge on any atom is 0.265 e. The molecular formula is C44H53FN4O7Si. The lowest BCUT2D eigenvalue weighted by atomic mass is 9.58. The lowest BCUT2D eigenvalue weighted by Gasteiger charge is -2.55. The van der Waals surface area contributed by atoms with Gasteiger partial charge >= 0.3 is 0 Å². The van der Waals surface area contributed by atoms with E-state index in [1.165, 1.54) is 0 Å². The van der Waals surface area contributed by atoms with E-state index < -0.39 is 60.0 Å². The largest absolute Gasteiger partial charge is 0.508 e. The minimum Gasteiger partial charge on any atom is -0.508 e. The number of nitrogens with one attached hydrogen (secondary N) is 1. The highest BCUT2D eigenvalue weighted by Crippen LogP contribution is 2.60. The van der Waals surface area contributed by atoms with Crippen LogP contribution in [0, 0.1) is 17.7 Å². The average Bonchev–Trinajstić information content (AvgIpc) is 3.59. The minimum atomic E-state index is -2.94. The highest BCUT2D eigenvalue weighted by molar-refractivity contribution is 6.74. The number of aliphatic hydroxyl groups excluding tert-OH is 1. The molecule has 4 atom stereocenters. The molecule has 3 aliphatic rings. The standard InChI is InChI=1S/C44H53FN4O7Si/c1-43(2,3)57(7,8)56-44-30(36(49(5)6)39-33(41(44)52)42(48-55-39)54-24-26-17-13-10-14-18-26)22-27-21-29-32(37(50)31(27)40(44)51)38(53-23-25-15-11-9-12-16-25)35(46)28(34(29)45)19-20-47-4/h9-18,27,30,36,47,51H,19-24,46H2,1-8H3/t27-,30-,36-,44-/m0/s1. The average molecular weight is 797 g/mol. The summed E-state index contributed by atoms with van der Waals surface area (Å²) < 4.78 is 42.6. The first kappa shape index (κ1) is 40.4. The van der Waals surface area contributed by atoms with Crippen LogP contribution in [0.2, 0.25) is 18.1 Å². The number of hydrogen-bond donors (Lipinski definition) is 3. The van der Waals surface area contributed by atoms with E-state index in [1.807, 2.05) is 114 Å². The molecule has 0 bridgehead atoms. The molecule has 3 aliphatic carbocycles. The highest BCUT2D eigenvalue weighted by atomic mass is 28.4. The number of ether oxygens (including phenoxy) is 2. The van der Waals surface area contributed by atoms with Crippen LogP contribution < -0.4 is 20.5 Å². The van der Waals surface area contributed by atoms with Crippen LogP contribution in [0.5, 0.6) is 11.6 Å². The first-order valence-corrected chi connectivity index (χ1v) is 22.4. The van der Waals surface area contributed by atoms with Gasteiger partial charge in [0.1, 0.15) is 30.4 Å². The lowest BCUT2D eigenvalue weighted by Crippen LogP contribution is -2.65. The monoisotopic (exact) mass is 796 g/mol. The predicted octanol–water partition coefficient (Wildman–Crippen LogP) is 7.76. The van der Waals surface area contributed by atoms with E-state index >= 15 is 14.0 Å². The van der Waals surface area contributed by atoms with Gasteiger partial charge in [-0.1, -0.05) is 81.4 Å². The molecule has 13 heteroatoms. The number of carbonyl (C=O) groups is 2. The second-order valence-corrected chi connectivity index (χ2v) is 21.9. The van der Waals surface area contributed by atoms with E-state index in [-0.39, 0.29) is 83.4 Å². The molecule has 0 spiro atoms. The molecule has 0 saturated heterocycles. The smallest absolute Gasteiger partial charge is 0.265 e. The third-order valence-electron chi connectivity index (χ3n) is 12.4. The summed E-state index contributed by atoms with van der Waals surface area (Å²) in [5.41, 5.74) is 6.86. The summed E-state index contributed by atoms with van der Waals surface area (Å²) >= 11 is 0. The zero-order valence-electron chi connectivity index (χ0n) is 34.0. The van der Waals surface area contributed by atoms with E-state index in [2.05, 4.69) is 10.5 Å². The van der Waals surface area contributed by atoms with Crippen LogP contribution in [0.25, 0.3) is 0 Å². The summed E-state index contributed by atoms with van der Waals surface area (Å²) in [6.45, 7) is 10.8. The molecule has 0 radical (unpaired) electrons. The van der Waals surface area contributed by atoms with Gasteiger partial charge in [-0.2, -0.15) is 0 Å². The molecule has 11 nitrogen and oxygen atoms in total. The van der Waals surface area contributed by atoms with Crippen molar-refractivity contribution in [2.24, 2.45) is 11.8 Å². The number of ketones is 2. The fraction of sp³-hybridized carbons (Fsp3) is 0.432. The number of carbonyl (C=O) groups excluding carboxylic acids is 2. The third-order valence-corrected chi connectivity index (χ3v) is 16.8. The number of anilines is 1. The molecule has 0 unspecified atom stereocenters. The normalized spacial score (nSPS) is 21.9. The number of rotatable bonds is 12. The number of likely N-dealkylation sites (N-methyl/N-ethyl adjacent to an activating group) is 1. The van der Waals surface area contributed by atoms with Crippen molar-refractivity contribution in [2.45, 2.75) is 83.0 Å². The second kappa shape index (κ2) is 15.2. The summed E-state index contributed by atoms with van der Waals surface area (Å²) in [5, 5.41) is 19.9. The number of allylic oxidation sites excluding steroid dienone is 1. The maximum absolute atomic E-state index is 16.8. The van der Waals surface area contributed by atoms with Crippen molar-refractivity contribution in [3.05, 3.63) is 117 Å². The molecule has 3 aromatic carbocycles. The molecule has 1 aromatic heterocycles. The van der Waals surface area contributed by atoms with Crippen molar-refractivity contribution in [1.29, 1.82) is 0 Å². The Morgan fingerprint density at radius 3 is 2.21 bits per heavy atom. The topological polar surface area (TPSA) is 149 Å². The Balaban J connectivity index is 1.43. The van der Waals surface area contributed by atoms with Crippen molar-refractivity contribution in [3.8, 4) is 11.6 Å². The number of Topliss-reactive ketones (excluding diaryl/α,β-unsaturated/α-hetero) is 2. The van der Waals surface area contributed by atoms with Crippen LogP contribution in [-0.4, -0.2) is 68.3 Å². The number of nitrogen functional groups attached to an aromatic ring is 1. The van der Waals surface area contributed by atoms with Crippen LogP contribution in [0.4, 0.5) is 10.1 Å². The van der Waals surface area contributed by atoms with E-state index in [1.54, 1.807) is 7.05 Å². The number of nitrogens with two attached hydrogens (primary N) is 1. The molecule has 57 heavy (non-hydrogen) atoms. The van der Waals surface area contributed by atoms with E-state index in [0.717, 1.165) is 11.1 Å². The van der Waals surface area contributed by atoms with Gasteiger partial charge in [0.2, 0.25) is 5.78 Å². The van der Waals surface area contributed by atoms with Crippen LogP contribution in [0.15, 0.2) is 76.5 Å². The molecular weight excluding hydrogens is 744 g/mol. The van der Waals surface area contributed by atoms with Gasteiger partial charge in [0.05, 0.1) is 17.3 Å². The number of nitrogens with zero attached hydrogens (tertiary/aromatic N) is 2. The minimum absolute atomic E-state index is 0.00121. The number of hydrogen-bond acceptors (Lipinski definition) is 11. The molecule has 0 saturated carbocycles. The summed E-state index contributed by atoms with van der Waals surface area (Å²) in [5.74, 6) is -3.38. The van der Waals surface area contributed by atoms with Gasteiger partial charge < -0.3 is 34.6 Å². The number of aromatic nitrogens is 1. The Morgan fingerprint density at radius 1 is 1.02 bits per heavy atom. The van der Waals surface area contributed by atoms with Gasteiger partial charge in [0.15, 0.2) is 31.2 Å². The van der Waals surface area contributed by atoms with Crippen molar-refractivity contribution < 1.29 is 37.5 Å². The van der Waals surface area contributed by atoms with Gasteiger partial charge in [0, 0.05) is 22.6 Å². The number of halogens is 1. The first-order chi connectivity index (χ1) is 27.0. The van der Waals surface area contributed by atoms with Crippen molar-refractivity contribution in [1.82, 2.24) is 15.4 Å². The van der Waals surface area contributed by atoms with Crippen LogP contribution in [0.1, 0.15) is 82.0 Å². The quantitative estimate of drug-likeness (QED) is 0.0954. The number of fused-ring (bicyclic) bond motifs is 4. The molecule has 0 fully saturated rings. The fourth-order valence-electron chi connectivity index (χ4n) is 8.48. The van der Waals surface area contributed by atoms with Crippen molar-refractivity contribution in [3.63, 3.8) is 0 Å². The van der Waals surface area contributed by atoms with Gasteiger partial charge in [-0.15, -0.1) is 0 Å². The Labute approximate surface area is 334 Å². The van der Waals surface area contributed by atoms with Crippen LogP contribution >= 0.6 is 0 Å². The summed E-state index contributed by atoms with van der Waals surface area (Å²) in [6.07, 6.45) is 0.530. The number of aliphatic hydroxyl groups is 1. The Morgan fingerprint density at radius 2 is 1.63 bits per heavy atom. The van der Waals surface area contributed by atoms with Crippen LogP contribution in [-0.2, 0) is 30.5 Å². The molecule has 1 heterocycles. The fourth-order valence-corrected chi connectivity index (χ4v) is 9.93. The van der Waals surface area contributed by atoms with E-state index in [9.17, 15) is 5.11 Å². The van der Waals surface area contributed by atoms with Crippen LogP contribution in [0.3, 0.4) is 0 Å². The first-order valence-electron chi connectivity index (χ1n) is 19.5. The predicted molar refractivity (Wildman–Crippen MR) is 218 cm³/mol. The van der Waals surface area contributed by atoms with E-state index in [4.69, 9.17) is 24.2 Å². The van der Waals surface area contributed by atoms with Gasteiger partial charge in [-0.05, 0) is 87.3 Å². The zero-order chi connectivity index (χ0) is 41.0. The SMILES string of the molecule is CNCCc1c(N)c(OCc2ccccc2)c2c(c1F)C[C@H]1C[C@H]3[C@H](N(C)C)c4onc(OCc5ccccc5)c4C(=O)[C@@]3(O[Si](C)(C)C(C)(C)C)C(O)=C1C2=O. The second-order valence-electron chi connectivity index (χ2n) is 17.2. The zero-order valence-corrected chi connectivity index (χ0v) is 35.0. The molecule has 4 N–H and O–H groups in total. The lowest BCUT2D eigenvalue weighted by molar-refractivity contribution is -0.0481. The van der Waals surface area contributed by atoms with Gasteiger partial charge in [-0.25, -0.2) is 4.39 Å². The van der Waals surface area contributed by atoms with E-state index in [0.29, 0.717) is 6.54 Å². The highest BCUT2D eigenvalue weighted by Gasteiger charge is 2.67.